The molecule has 0 aliphatic carbocycles. The van der Waals surface area contributed by atoms with E-state index in [0.29, 0.717) is 6.54 Å². The molecule has 0 saturated heterocycles. The van der Waals surface area contributed by atoms with Crippen molar-refractivity contribution < 1.29 is 4.92 Å². The van der Waals surface area contributed by atoms with Crippen molar-refractivity contribution in [3.63, 3.8) is 0 Å². The smallest absolute Gasteiger partial charge is 0.269 e. The first-order valence-corrected chi connectivity index (χ1v) is 4.38. The van der Waals surface area contributed by atoms with E-state index in [1.165, 1.54) is 12.1 Å². The van der Waals surface area contributed by atoms with Crippen molar-refractivity contribution in [3.8, 4) is 11.8 Å². The van der Waals surface area contributed by atoms with Gasteiger partial charge in [-0.3, -0.25) is 15.1 Å². The molecule has 0 aliphatic rings. The van der Waals surface area contributed by atoms with Crippen LogP contribution in [0.2, 0.25) is 0 Å². The van der Waals surface area contributed by atoms with E-state index in [0.717, 1.165) is 5.56 Å². The minimum Gasteiger partial charge on any atom is -0.280 e. The van der Waals surface area contributed by atoms with Gasteiger partial charge in [0, 0.05) is 18.3 Å². The molecule has 0 saturated carbocycles. The summed E-state index contributed by atoms with van der Waals surface area (Å²) in [7, 11) is 0. The second-order valence-electron chi connectivity index (χ2n) is 2.75. The molecule has 4 nitrogen and oxygen atoms in total. The molecule has 0 radical (unpaired) electrons. The zero-order valence-corrected chi connectivity index (χ0v) is 8.30. The minimum absolute atomic E-state index is 0.0838. The van der Waals surface area contributed by atoms with E-state index in [2.05, 4.69) is 16.8 Å². The molecule has 0 N–H and O–H groups in total. The Morgan fingerprint density at radius 3 is 2.67 bits per heavy atom. The summed E-state index contributed by atoms with van der Waals surface area (Å²) in [5, 5.41) is 10.4. The third kappa shape index (κ3) is 3.61. The fourth-order valence-corrected chi connectivity index (χ4v) is 0.958. The lowest BCUT2D eigenvalue weighted by molar-refractivity contribution is -0.384. The molecule has 0 spiro atoms. The number of hydrogen-bond donors (Lipinski definition) is 0. The van der Waals surface area contributed by atoms with Gasteiger partial charge in [-0.05, 0) is 24.6 Å². The lowest BCUT2D eigenvalue weighted by atomic mass is 10.2. The molecule has 0 unspecified atom stereocenters. The minimum atomic E-state index is -0.427. The fourth-order valence-electron chi connectivity index (χ4n) is 0.958. The van der Waals surface area contributed by atoms with E-state index in [1.54, 1.807) is 25.3 Å². The molecule has 0 bridgehead atoms. The molecule has 0 aliphatic heterocycles. The molecule has 1 aromatic carbocycles. The Balaban J connectivity index is 2.67. The van der Waals surface area contributed by atoms with Gasteiger partial charge in [0.2, 0.25) is 0 Å². The summed E-state index contributed by atoms with van der Waals surface area (Å²) in [5.74, 6) is 5.52. The summed E-state index contributed by atoms with van der Waals surface area (Å²) in [4.78, 5) is 14.0. The summed E-state index contributed by atoms with van der Waals surface area (Å²) in [6, 6.07) is 6.21. The maximum absolute atomic E-state index is 10.4. The van der Waals surface area contributed by atoms with Crippen LogP contribution >= 0.6 is 0 Å². The van der Waals surface area contributed by atoms with Crippen molar-refractivity contribution in [1.29, 1.82) is 0 Å². The van der Waals surface area contributed by atoms with Gasteiger partial charge in [0.25, 0.3) is 5.69 Å². The molecule has 76 valence electrons. The molecule has 1 rings (SSSR count). The standard InChI is InChI=1S/C11H10N2O2/c1-2-3-8-12-9-10-4-6-11(7-5-10)13(14)15/h4-7,9H,8H2,1H3. The molecule has 0 fully saturated rings. The van der Waals surface area contributed by atoms with E-state index in [-0.39, 0.29) is 5.69 Å². The zero-order valence-electron chi connectivity index (χ0n) is 8.30. The van der Waals surface area contributed by atoms with Crippen LogP contribution in [0.15, 0.2) is 29.3 Å². The van der Waals surface area contributed by atoms with Crippen molar-refractivity contribution in [2.24, 2.45) is 4.99 Å². The SMILES string of the molecule is CC#CCN=Cc1ccc([N+](=O)[O-])cc1. The predicted molar refractivity (Wildman–Crippen MR) is 59.0 cm³/mol. The maximum atomic E-state index is 10.4. The van der Waals surface area contributed by atoms with Crippen LogP contribution in [0.1, 0.15) is 12.5 Å². The second kappa shape index (κ2) is 5.55. The summed E-state index contributed by atoms with van der Waals surface area (Å²) in [6.45, 7) is 2.20. The molecule has 0 heterocycles. The summed E-state index contributed by atoms with van der Waals surface area (Å²) in [6.07, 6.45) is 1.65. The third-order valence-corrected chi connectivity index (χ3v) is 1.69. The molecular formula is C11H10N2O2. The van der Waals surface area contributed by atoms with Crippen LogP contribution in [0.5, 0.6) is 0 Å². The van der Waals surface area contributed by atoms with Crippen LogP contribution in [-0.2, 0) is 0 Å². The highest BCUT2D eigenvalue weighted by atomic mass is 16.6. The number of hydrogen-bond acceptors (Lipinski definition) is 3. The Labute approximate surface area is 87.8 Å². The van der Waals surface area contributed by atoms with E-state index in [1.807, 2.05) is 0 Å². The lowest BCUT2D eigenvalue weighted by Gasteiger charge is -1.92. The first-order chi connectivity index (χ1) is 7.24. The summed E-state index contributed by atoms with van der Waals surface area (Å²) in [5.41, 5.74) is 0.916. The van der Waals surface area contributed by atoms with E-state index >= 15 is 0 Å². The largest absolute Gasteiger partial charge is 0.280 e. The van der Waals surface area contributed by atoms with Gasteiger partial charge in [0.1, 0.15) is 0 Å². The monoisotopic (exact) mass is 202 g/mol. The van der Waals surface area contributed by atoms with Crippen LogP contribution in [0.4, 0.5) is 5.69 Å². The van der Waals surface area contributed by atoms with Gasteiger partial charge >= 0.3 is 0 Å². The third-order valence-electron chi connectivity index (χ3n) is 1.69. The summed E-state index contributed by atoms with van der Waals surface area (Å²) < 4.78 is 0. The number of rotatable bonds is 3. The van der Waals surface area contributed by atoms with Crippen molar-refractivity contribution >= 4 is 11.9 Å². The quantitative estimate of drug-likeness (QED) is 0.326. The Hall–Kier alpha value is -2.15. The molecule has 1 aromatic rings. The van der Waals surface area contributed by atoms with Gasteiger partial charge < -0.3 is 0 Å². The van der Waals surface area contributed by atoms with E-state index in [9.17, 15) is 10.1 Å². The first kappa shape index (κ1) is 10.9. The van der Waals surface area contributed by atoms with Gasteiger partial charge in [-0.1, -0.05) is 5.92 Å². The van der Waals surface area contributed by atoms with Crippen molar-refractivity contribution in [3.05, 3.63) is 39.9 Å². The summed E-state index contributed by atoms with van der Waals surface area (Å²) >= 11 is 0. The molecule has 0 amide bonds. The Morgan fingerprint density at radius 1 is 1.47 bits per heavy atom. The van der Waals surface area contributed by atoms with Gasteiger partial charge in [-0.15, -0.1) is 5.92 Å². The second-order valence-corrected chi connectivity index (χ2v) is 2.75. The number of benzene rings is 1. The van der Waals surface area contributed by atoms with Crippen molar-refractivity contribution in [1.82, 2.24) is 0 Å². The normalized spacial score (nSPS) is 9.67. The number of aliphatic imine (C=N–C) groups is 1. The van der Waals surface area contributed by atoms with Gasteiger partial charge in [0.15, 0.2) is 0 Å². The predicted octanol–water partition coefficient (Wildman–Crippen LogP) is 2.04. The molecule has 0 aromatic heterocycles. The number of nitrogens with zero attached hydrogens (tertiary/aromatic N) is 2. The molecule has 15 heavy (non-hydrogen) atoms. The van der Waals surface area contributed by atoms with Crippen LogP contribution < -0.4 is 0 Å². The Morgan fingerprint density at radius 2 is 2.13 bits per heavy atom. The molecule has 4 heteroatoms. The van der Waals surface area contributed by atoms with E-state index < -0.39 is 4.92 Å². The topological polar surface area (TPSA) is 55.5 Å². The Kier molecular flexibility index (Phi) is 4.05. The average Bonchev–Trinajstić information content (AvgIpc) is 2.25. The number of nitro benzene ring substituents is 1. The Bertz CT molecular complexity index is 424. The zero-order chi connectivity index (χ0) is 11.1. The number of non-ortho nitro benzene ring substituents is 1. The highest BCUT2D eigenvalue weighted by Gasteiger charge is 2.01. The molecular weight excluding hydrogens is 192 g/mol. The van der Waals surface area contributed by atoms with Gasteiger partial charge in [-0.25, -0.2) is 0 Å². The maximum Gasteiger partial charge on any atom is 0.269 e. The van der Waals surface area contributed by atoms with Gasteiger partial charge in [0.05, 0.1) is 11.5 Å². The van der Waals surface area contributed by atoms with E-state index in [4.69, 9.17) is 0 Å². The van der Waals surface area contributed by atoms with Crippen LogP contribution in [0, 0.1) is 22.0 Å². The lowest BCUT2D eigenvalue weighted by Crippen LogP contribution is -1.88. The van der Waals surface area contributed by atoms with Crippen molar-refractivity contribution in [2.75, 3.05) is 6.54 Å². The van der Waals surface area contributed by atoms with Crippen LogP contribution in [-0.4, -0.2) is 17.7 Å². The highest BCUT2D eigenvalue weighted by molar-refractivity contribution is 5.80. The van der Waals surface area contributed by atoms with Crippen molar-refractivity contribution in [2.45, 2.75) is 6.92 Å². The highest BCUT2D eigenvalue weighted by Crippen LogP contribution is 2.10. The van der Waals surface area contributed by atoms with Gasteiger partial charge in [-0.2, -0.15) is 0 Å². The molecule has 0 atom stereocenters. The van der Waals surface area contributed by atoms with Crippen LogP contribution in [0.3, 0.4) is 0 Å². The average molecular weight is 202 g/mol. The van der Waals surface area contributed by atoms with Crippen LogP contribution in [0.25, 0.3) is 0 Å². The first-order valence-electron chi connectivity index (χ1n) is 4.38. The number of nitro groups is 1. The fraction of sp³-hybridized carbons (Fsp3) is 0.182.